The number of sulfonamides is 1. The quantitative estimate of drug-likeness (QED) is 0.810. The number of piperidine rings is 1. The summed E-state index contributed by atoms with van der Waals surface area (Å²) in [7, 11) is -3.68. The first-order valence-electron chi connectivity index (χ1n) is 9.30. The van der Waals surface area contributed by atoms with Gasteiger partial charge in [-0.1, -0.05) is 18.2 Å². The Morgan fingerprint density at radius 3 is 2.54 bits per heavy atom. The van der Waals surface area contributed by atoms with Gasteiger partial charge in [0.2, 0.25) is 21.8 Å². The molecule has 0 aliphatic carbocycles. The highest BCUT2D eigenvalue weighted by Gasteiger charge is 2.39. The predicted molar refractivity (Wildman–Crippen MR) is 103 cm³/mol. The van der Waals surface area contributed by atoms with Crippen molar-refractivity contribution >= 4 is 32.7 Å². The van der Waals surface area contributed by atoms with Crippen LogP contribution in [0.1, 0.15) is 19.3 Å². The number of nitrogens with zero attached hydrogens (tertiary/aromatic N) is 3. The molecule has 2 saturated heterocycles. The fraction of sp³-hybridized carbons (Fsp3) is 0.421. The van der Waals surface area contributed by atoms with Crippen molar-refractivity contribution in [2.24, 2.45) is 11.7 Å². The molecule has 2 fully saturated rings. The number of primary amides is 1. The summed E-state index contributed by atoms with van der Waals surface area (Å²) in [5.74, 6) is -0.987. The zero-order chi connectivity index (χ0) is 19.9. The van der Waals surface area contributed by atoms with E-state index in [0.717, 1.165) is 5.39 Å². The van der Waals surface area contributed by atoms with Gasteiger partial charge in [-0.3, -0.25) is 14.6 Å². The first-order chi connectivity index (χ1) is 13.4. The Kier molecular flexibility index (Phi) is 4.80. The summed E-state index contributed by atoms with van der Waals surface area (Å²) < 4.78 is 27.8. The van der Waals surface area contributed by atoms with Crippen LogP contribution in [0, 0.1) is 5.92 Å². The van der Waals surface area contributed by atoms with E-state index in [1.165, 1.54) is 4.31 Å². The largest absolute Gasteiger partial charge is 0.369 e. The standard InChI is InChI=1S/C19H22N4O4S/c20-19(25)14-11-17(24)23(12-14)15-6-9-22(10-7-15)28(26,27)16-5-1-3-13-4-2-8-21-18(13)16/h1-5,8,14-15H,6-7,9-12H2,(H2,20,25). The average molecular weight is 402 g/mol. The molecule has 3 heterocycles. The normalized spacial score (nSPS) is 22.1. The molecule has 4 rings (SSSR count). The Bertz CT molecular complexity index is 1030. The molecule has 0 saturated carbocycles. The van der Waals surface area contributed by atoms with Gasteiger partial charge in [-0.25, -0.2) is 8.42 Å². The fourth-order valence-electron chi connectivity index (χ4n) is 4.09. The Morgan fingerprint density at radius 2 is 1.86 bits per heavy atom. The van der Waals surface area contributed by atoms with E-state index in [2.05, 4.69) is 4.98 Å². The second kappa shape index (κ2) is 7.14. The number of carbonyl (C=O) groups is 2. The molecule has 1 aromatic heterocycles. The van der Waals surface area contributed by atoms with Gasteiger partial charge in [-0.15, -0.1) is 0 Å². The van der Waals surface area contributed by atoms with Crippen molar-refractivity contribution in [2.45, 2.75) is 30.2 Å². The van der Waals surface area contributed by atoms with E-state index in [1.807, 2.05) is 12.1 Å². The zero-order valence-corrected chi connectivity index (χ0v) is 16.1. The SMILES string of the molecule is NC(=O)C1CC(=O)N(C2CCN(S(=O)(=O)c3cccc4cccnc34)CC2)C1. The van der Waals surface area contributed by atoms with Crippen molar-refractivity contribution in [3.8, 4) is 0 Å². The van der Waals surface area contributed by atoms with Gasteiger partial charge in [0.15, 0.2) is 0 Å². The van der Waals surface area contributed by atoms with E-state index in [9.17, 15) is 18.0 Å². The van der Waals surface area contributed by atoms with Gasteiger partial charge < -0.3 is 10.6 Å². The number of hydrogen-bond donors (Lipinski definition) is 1. The first kappa shape index (κ1) is 18.8. The molecule has 148 valence electrons. The summed E-state index contributed by atoms with van der Waals surface area (Å²) in [5, 5.41) is 0.776. The number of fused-ring (bicyclic) bond motifs is 1. The molecule has 0 radical (unpaired) electrons. The van der Waals surface area contributed by atoms with Crippen molar-refractivity contribution in [1.82, 2.24) is 14.2 Å². The van der Waals surface area contributed by atoms with Gasteiger partial charge in [0.05, 0.1) is 11.4 Å². The van der Waals surface area contributed by atoms with Crippen LogP contribution < -0.4 is 5.73 Å². The van der Waals surface area contributed by atoms with Crippen LogP contribution in [-0.4, -0.2) is 60.1 Å². The van der Waals surface area contributed by atoms with E-state index in [1.54, 1.807) is 29.3 Å². The van der Waals surface area contributed by atoms with Crippen LogP contribution >= 0.6 is 0 Å². The minimum absolute atomic E-state index is 0.0612. The number of likely N-dealkylation sites (tertiary alicyclic amines) is 1. The lowest BCUT2D eigenvalue weighted by Gasteiger charge is -2.36. The van der Waals surface area contributed by atoms with E-state index in [0.29, 0.717) is 38.0 Å². The molecule has 2 aliphatic rings. The lowest BCUT2D eigenvalue weighted by molar-refractivity contribution is -0.130. The topological polar surface area (TPSA) is 114 Å². The van der Waals surface area contributed by atoms with E-state index >= 15 is 0 Å². The second-order valence-corrected chi connectivity index (χ2v) is 9.22. The highest BCUT2D eigenvalue weighted by molar-refractivity contribution is 7.89. The molecule has 0 spiro atoms. The van der Waals surface area contributed by atoms with Crippen LogP contribution in [0.2, 0.25) is 0 Å². The molecule has 28 heavy (non-hydrogen) atoms. The lowest BCUT2D eigenvalue weighted by Crippen LogP contribution is -2.47. The highest BCUT2D eigenvalue weighted by Crippen LogP contribution is 2.29. The molecular formula is C19H22N4O4S. The number of para-hydroxylation sites is 1. The average Bonchev–Trinajstić information content (AvgIpc) is 3.09. The third-order valence-corrected chi connectivity index (χ3v) is 7.57. The van der Waals surface area contributed by atoms with E-state index in [-0.39, 0.29) is 23.3 Å². The summed E-state index contributed by atoms with van der Waals surface area (Å²) in [5.41, 5.74) is 5.79. The van der Waals surface area contributed by atoms with Crippen LogP contribution in [-0.2, 0) is 19.6 Å². The summed E-state index contributed by atoms with van der Waals surface area (Å²) in [6.45, 7) is 0.974. The van der Waals surface area contributed by atoms with Gasteiger partial charge >= 0.3 is 0 Å². The van der Waals surface area contributed by atoms with Crippen molar-refractivity contribution < 1.29 is 18.0 Å². The van der Waals surface area contributed by atoms with Crippen LogP contribution in [0.5, 0.6) is 0 Å². The molecule has 2 N–H and O–H groups in total. The maximum absolute atomic E-state index is 13.2. The molecule has 1 unspecified atom stereocenters. The van der Waals surface area contributed by atoms with Crippen molar-refractivity contribution in [3.05, 3.63) is 36.5 Å². The molecule has 2 aromatic rings. The molecule has 2 amide bonds. The van der Waals surface area contributed by atoms with Crippen LogP contribution in [0.3, 0.4) is 0 Å². The summed E-state index contributed by atoms with van der Waals surface area (Å²) >= 11 is 0. The molecule has 8 nitrogen and oxygen atoms in total. The smallest absolute Gasteiger partial charge is 0.245 e. The third kappa shape index (κ3) is 3.24. The van der Waals surface area contributed by atoms with Gasteiger partial charge in [0, 0.05) is 43.7 Å². The number of nitrogens with two attached hydrogens (primary N) is 1. The third-order valence-electron chi connectivity index (χ3n) is 5.64. The molecular weight excluding hydrogens is 380 g/mol. The second-order valence-electron chi connectivity index (χ2n) is 7.32. The number of amides is 2. The minimum Gasteiger partial charge on any atom is -0.369 e. The Balaban J connectivity index is 1.50. The number of pyridine rings is 1. The van der Waals surface area contributed by atoms with Gasteiger partial charge in [0.25, 0.3) is 0 Å². The number of aromatic nitrogens is 1. The van der Waals surface area contributed by atoms with Gasteiger partial charge in [-0.2, -0.15) is 4.31 Å². The number of hydrogen-bond acceptors (Lipinski definition) is 5. The number of benzene rings is 1. The van der Waals surface area contributed by atoms with E-state index < -0.39 is 21.8 Å². The van der Waals surface area contributed by atoms with Gasteiger partial charge in [0.1, 0.15) is 4.90 Å². The molecule has 2 aliphatic heterocycles. The molecule has 0 bridgehead atoms. The minimum atomic E-state index is -3.68. The van der Waals surface area contributed by atoms with Crippen LogP contribution in [0.25, 0.3) is 10.9 Å². The maximum Gasteiger partial charge on any atom is 0.245 e. The van der Waals surface area contributed by atoms with Gasteiger partial charge in [-0.05, 0) is 25.0 Å². The Hall–Kier alpha value is -2.52. The van der Waals surface area contributed by atoms with Crippen molar-refractivity contribution in [2.75, 3.05) is 19.6 Å². The summed E-state index contributed by atoms with van der Waals surface area (Å²) in [4.78, 5) is 29.7. The Morgan fingerprint density at radius 1 is 1.14 bits per heavy atom. The highest BCUT2D eigenvalue weighted by atomic mass is 32.2. The first-order valence-corrected chi connectivity index (χ1v) is 10.7. The monoisotopic (exact) mass is 402 g/mol. The van der Waals surface area contributed by atoms with Crippen molar-refractivity contribution in [3.63, 3.8) is 0 Å². The fourth-order valence-corrected chi connectivity index (χ4v) is 5.73. The van der Waals surface area contributed by atoms with E-state index in [4.69, 9.17) is 5.73 Å². The summed E-state index contributed by atoms with van der Waals surface area (Å²) in [6.07, 6.45) is 2.81. The molecule has 1 atom stereocenters. The van der Waals surface area contributed by atoms with Crippen LogP contribution in [0.15, 0.2) is 41.4 Å². The summed E-state index contributed by atoms with van der Waals surface area (Å²) in [6, 6.07) is 8.68. The van der Waals surface area contributed by atoms with Crippen molar-refractivity contribution in [1.29, 1.82) is 0 Å². The Labute approximate surface area is 163 Å². The molecule has 9 heteroatoms. The number of rotatable bonds is 4. The number of carbonyl (C=O) groups excluding carboxylic acids is 2. The maximum atomic E-state index is 13.2. The lowest BCUT2D eigenvalue weighted by atomic mass is 10.1. The predicted octanol–water partition coefficient (Wildman–Crippen LogP) is 0.722. The van der Waals surface area contributed by atoms with Crippen LogP contribution in [0.4, 0.5) is 0 Å². The zero-order valence-electron chi connectivity index (χ0n) is 15.3. The molecule has 1 aromatic carbocycles.